The monoisotopic (exact) mass is 346 g/mol. The number of aromatic nitrogens is 3. The van der Waals surface area contributed by atoms with E-state index in [-0.39, 0.29) is 18.2 Å². The standard InChI is InChI=1S/C17H22N4O4/c1-11(2)9-20(10-15(22)23)17(24)16-12(3)21(19-18-16)13-5-7-14(25-4)8-6-13/h5-8,11H,9-10H2,1-4H3,(H,22,23). The first kappa shape index (κ1) is 18.4. The van der Waals surface area contributed by atoms with E-state index in [0.717, 1.165) is 5.69 Å². The number of amides is 1. The van der Waals surface area contributed by atoms with E-state index in [2.05, 4.69) is 10.3 Å². The molecular weight excluding hydrogens is 324 g/mol. The van der Waals surface area contributed by atoms with Crippen LogP contribution in [0, 0.1) is 12.8 Å². The molecule has 0 fully saturated rings. The summed E-state index contributed by atoms with van der Waals surface area (Å²) in [6, 6.07) is 7.18. The Hall–Kier alpha value is -2.90. The molecule has 0 atom stereocenters. The normalized spacial score (nSPS) is 10.8. The van der Waals surface area contributed by atoms with Crippen LogP contribution >= 0.6 is 0 Å². The van der Waals surface area contributed by atoms with Crippen molar-refractivity contribution >= 4 is 11.9 Å². The molecule has 0 aliphatic rings. The number of carbonyl (C=O) groups is 2. The summed E-state index contributed by atoms with van der Waals surface area (Å²) in [5, 5.41) is 17.0. The number of rotatable bonds is 7. The highest BCUT2D eigenvalue weighted by molar-refractivity contribution is 5.95. The van der Waals surface area contributed by atoms with E-state index in [1.165, 1.54) is 4.90 Å². The first-order chi connectivity index (χ1) is 11.8. The highest BCUT2D eigenvalue weighted by Crippen LogP contribution is 2.18. The first-order valence-electron chi connectivity index (χ1n) is 7.91. The summed E-state index contributed by atoms with van der Waals surface area (Å²) in [7, 11) is 1.58. The first-order valence-corrected chi connectivity index (χ1v) is 7.91. The number of ether oxygens (including phenoxy) is 1. The van der Waals surface area contributed by atoms with E-state index >= 15 is 0 Å². The molecule has 0 unspecified atom stereocenters. The van der Waals surface area contributed by atoms with Crippen LogP contribution in [0.5, 0.6) is 5.75 Å². The fourth-order valence-corrected chi connectivity index (χ4v) is 2.47. The lowest BCUT2D eigenvalue weighted by Crippen LogP contribution is -2.38. The molecule has 0 radical (unpaired) electrons. The fraction of sp³-hybridized carbons (Fsp3) is 0.412. The molecule has 8 heteroatoms. The van der Waals surface area contributed by atoms with Crippen LogP contribution in [0.2, 0.25) is 0 Å². The fourth-order valence-electron chi connectivity index (χ4n) is 2.47. The quantitative estimate of drug-likeness (QED) is 0.820. The van der Waals surface area contributed by atoms with Gasteiger partial charge in [-0.05, 0) is 37.1 Å². The number of carboxylic acid groups (broad SMARTS) is 1. The van der Waals surface area contributed by atoms with Gasteiger partial charge in [0.25, 0.3) is 5.91 Å². The lowest BCUT2D eigenvalue weighted by atomic mass is 10.2. The third kappa shape index (κ3) is 4.34. The highest BCUT2D eigenvalue weighted by Gasteiger charge is 2.25. The Morgan fingerprint density at radius 1 is 1.28 bits per heavy atom. The van der Waals surface area contributed by atoms with Gasteiger partial charge in [0.2, 0.25) is 0 Å². The Kier molecular flexibility index (Phi) is 5.74. The number of hydrogen-bond acceptors (Lipinski definition) is 5. The van der Waals surface area contributed by atoms with E-state index in [0.29, 0.717) is 18.0 Å². The Morgan fingerprint density at radius 2 is 1.92 bits per heavy atom. The van der Waals surface area contributed by atoms with Gasteiger partial charge in [-0.25, -0.2) is 4.68 Å². The van der Waals surface area contributed by atoms with Crippen LogP contribution in [0.1, 0.15) is 30.0 Å². The summed E-state index contributed by atoms with van der Waals surface area (Å²) in [4.78, 5) is 25.0. The van der Waals surface area contributed by atoms with Crippen LogP contribution in [0.3, 0.4) is 0 Å². The van der Waals surface area contributed by atoms with Crippen molar-refractivity contribution in [2.24, 2.45) is 5.92 Å². The maximum Gasteiger partial charge on any atom is 0.323 e. The Bertz CT molecular complexity index is 753. The molecule has 0 saturated carbocycles. The molecule has 0 aliphatic carbocycles. The Morgan fingerprint density at radius 3 is 2.44 bits per heavy atom. The van der Waals surface area contributed by atoms with Crippen molar-refractivity contribution in [3.8, 4) is 11.4 Å². The third-order valence-electron chi connectivity index (χ3n) is 3.61. The smallest absolute Gasteiger partial charge is 0.323 e. The molecule has 0 saturated heterocycles. The van der Waals surface area contributed by atoms with Crippen molar-refractivity contribution in [2.75, 3.05) is 20.2 Å². The SMILES string of the molecule is COc1ccc(-n2nnc(C(=O)N(CC(=O)O)CC(C)C)c2C)cc1. The van der Waals surface area contributed by atoms with Crippen molar-refractivity contribution in [1.82, 2.24) is 19.9 Å². The lowest BCUT2D eigenvalue weighted by Gasteiger charge is -2.21. The zero-order valence-electron chi connectivity index (χ0n) is 14.8. The van der Waals surface area contributed by atoms with Crippen LogP contribution in [-0.4, -0.2) is 57.1 Å². The number of carbonyl (C=O) groups excluding carboxylic acids is 1. The second kappa shape index (κ2) is 7.78. The molecule has 1 aromatic carbocycles. The summed E-state index contributed by atoms with van der Waals surface area (Å²) in [6.45, 7) is 5.53. The average molecular weight is 346 g/mol. The molecule has 1 heterocycles. The molecule has 8 nitrogen and oxygen atoms in total. The van der Waals surface area contributed by atoms with Crippen LogP contribution in [0.15, 0.2) is 24.3 Å². The zero-order chi connectivity index (χ0) is 18.6. The molecule has 1 aromatic heterocycles. The molecule has 2 aromatic rings. The van der Waals surface area contributed by atoms with E-state index < -0.39 is 11.9 Å². The number of nitrogens with zero attached hydrogens (tertiary/aromatic N) is 4. The molecule has 2 rings (SSSR count). The summed E-state index contributed by atoms with van der Waals surface area (Å²) in [5.74, 6) is -0.648. The number of benzene rings is 1. The van der Waals surface area contributed by atoms with E-state index in [9.17, 15) is 9.59 Å². The van der Waals surface area contributed by atoms with Crippen LogP contribution in [0.25, 0.3) is 5.69 Å². The van der Waals surface area contributed by atoms with Crippen LogP contribution in [-0.2, 0) is 4.79 Å². The molecule has 0 aliphatic heterocycles. The van der Waals surface area contributed by atoms with Crippen molar-refractivity contribution in [1.29, 1.82) is 0 Å². The number of carboxylic acids is 1. The minimum atomic E-state index is -1.06. The molecule has 25 heavy (non-hydrogen) atoms. The van der Waals surface area contributed by atoms with Gasteiger partial charge in [0.1, 0.15) is 12.3 Å². The Labute approximate surface area is 146 Å². The summed E-state index contributed by atoms with van der Waals surface area (Å²) < 4.78 is 6.67. The van der Waals surface area contributed by atoms with Crippen molar-refractivity contribution in [3.05, 3.63) is 35.7 Å². The predicted molar refractivity (Wildman–Crippen MR) is 91.0 cm³/mol. The van der Waals surface area contributed by atoms with Gasteiger partial charge in [0.05, 0.1) is 18.5 Å². The number of hydrogen-bond donors (Lipinski definition) is 1. The van der Waals surface area contributed by atoms with Crippen molar-refractivity contribution in [3.63, 3.8) is 0 Å². The third-order valence-corrected chi connectivity index (χ3v) is 3.61. The van der Waals surface area contributed by atoms with Gasteiger partial charge in [-0.15, -0.1) is 5.10 Å². The van der Waals surface area contributed by atoms with Crippen molar-refractivity contribution in [2.45, 2.75) is 20.8 Å². The molecular formula is C17H22N4O4. The topological polar surface area (TPSA) is 97.5 Å². The summed E-state index contributed by atoms with van der Waals surface area (Å²) in [5.41, 5.74) is 1.44. The van der Waals surface area contributed by atoms with E-state index in [1.54, 1.807) is 43.0 Å². The van der Waals surface area contributed by atoms with E-state index in [4.69, 9.17) is 9.84 Å². The molecule has 134 valence electrons. The van der Waals surface area contributed by atoms with Gasteiger partial charge in [0, 0.05) is 6.54 Å². The van der Waals surface area contributed by atoms with Gasteiger partial charge in [-0.3, -0.25) is 9.59 Å². The van der Waals surface area contributed by atoms with Gasteiger partial charge >= 0.3 is 5.97 Å². The van der Waals surface area contributed by atoms with Gasteiger partial charge in [0.15, 0.2) is 5.69 Å². The predicted octanol–water partition coefficient (Wildman–Crippen LogP) is 1.77. The maximum atomic E-state index is 12.7. The summed E-state index contributed by atoms with van der Waals surface area (Å²) >= 11 is 0. The second-order valence-corrected chi connectivity index (χ2v) is 6.11. The lowest BCUT2D eigenvalue weighted by molar-refractivity contribution is -0.137. The Balaban J connectivity index is 2.31. The molecule has 0 bridgehead atoms. The van der Waals surface area contributed by atoms with E-state index in [1.807, 2.05) is 13.8 Å². The summed E-state index contributed by atoms with van der Waals surface area (Å²) in [6.07, 6.45) is 0. The number of aliphatic carboxylic acids is 1. The van der Waals surface area contributed by atoms with Gasteiger partial charge in [-0.2, -0.15) is 0 Å². The van der Waals surface area contributed by atoms with Crippen LogP contribution in [0.4, 0.5) is 0 Å². The zero-order valence-corrected chi connectivity index (χ0v) is 14.8. The molecule has 1 amide bonds. The van der Waals surface area contributed by atoms with Gasteiger partial charge in [-0.1, -0.05) is 19.1 Å². The second-order valence-electron chi connectivity index (χ2n) is 6.11. The van der Waals surface area contributed by atoms with Crippen LogP contribution < -0.4 is 4.74 Å². The highest BCUT2D eigenvalue weighted by atomic mass is 16.5. The van der Waals surface area contributed by atoms with Crippen molar-refractivity contribution < 1.29 is 19.4 Å². The average Bonchev–Trinajstić information content (AvgIpc) is 2.94. The largest absolute Gasteiger partial charge is 0.497 e. The molecule has 1 N–H and O–H groups in total. The van der Waals surface area contributed by atoms with Gasteiger partial charge < -0.3 is 14.7 Å². The minimum absolute atomic E-state index is 0.139. The maximum absolute atomic E-state index is 12.7. The number of methoxy groups -OCH3 is 1. The molecule has 0 spiro atoms. The minimum Gasteiger partial charge on any atom is -0.497 e.